The van der Waals surface area contributed by atoms with Gasteiger partial charge in [-0.15, -0.1) is 11.3 Å². The molecule has 8 heteroatoms. The predicted molar refractivity (Wildman–Crippen MR) is 92.9 cm³/mol. The van der Waals surface area contributed by atoms with E-state index in [1.165, 1.54) is 29.9 Å². The van der Waals surface area contributed by atoms with Crippen LogP contribution in [0.3, 0.4) is 0 Å². The molecule has 0 amide bonds. The largest absolute Gasteiger partial charge is 0.309 e. The van der Waals surface area contributed by atoms with Crippen molar-refractivity contribution >= 4 is 44.9 Å². The van der Waals surface area contributed by atoms with Crippen LogP contribution in [0, 0.1) is 0 Å². The molecule has 1 unspecified atom stereocenters. The van der Waals surface area contributed by atoms with E-state index in [-0.39, 0.29) is 0 Å². The molecule has 2 heterocycles. The van der Waals surface area contributed by atoms with Crippen LogP contribution in [0.1, 0.15) is 17.7 Å². The Morgan fingerprint density at radius 1 is 1.29 bits per heavy atom. The Bertz CT molecular complexity index is 562. The first-order valence-corrected chi connectivity index (χ1v) is 11.7. The maximum absolute atomic E-state index is 12.5. The number of hydrogen-bond acceptors (Lipinski definition) is 6. The Balaban J connectivity index is 1.59. The fourth-order valence-corrected chi connectivity index (χ4v) is 7.35. The van der Waals surface area contributed by atoms with Gasteiger partial charge in [0.15, 0.2) is 0 Å². The van der Waals surface area contributed by atoms with E-state index < -0.39 is 10.0 Å². The van der Waals surface area contributed by atoms with Gasteiger partial charge in [-0.05, 0) is 24.3 Å². The van der Waals surface area contributed by atoms with Crippen LogP contribution >= 0.6 is 34.9 Å². The van der Waals surface area contributed by atoms with E-state index in [1.807, 2.05) is 28.9 Å². The Morgan fingerprint density at radius 2 is 2.14 bits per heavy atom. The number of sulfonamides is 1. The fourth-order valence-electron chi connectivity index (χ4n) is 2.16. The van der Waals surface area contributed by atoms with Gasteiger partial charge in [-0.25, -0.2) is 13.1 Å². The highest BCUT2D eigenvalue weighted by Crippen LogP contribution is 2.26. The first kappa shape index (κ1) is 16.1. The van der Waals surface area contributed by atoms with Gasteiger partial charge in [-0.2, -0.15) is 23.5 Å². The molecule has 1 aliphatic heterocycles. The first-order valence-electron chi connectivity index (χ1n) is 7.14. The van der Waals surface area contributed by atoms with Crippen LogP contribution in [0.4, 0.5) is 0 Å². The van der Waals surface area contributed by atoms with Crippen molar-refractivity contribution < 1.29 is 8.42 Å². The monoisotopic (exact) mass is 364 g/mol. The number of nitrogens with one attached hydrogen (secondary N) is 2. The third-order valence-corrected chi connectivity index (χ3v) is 8.91. The van der Waals surface area contributed by atoms with Crippen LogP contribution in [0.15, 0.2) is 16.3 Å². The van der Waals surface area contributed by atoms with Gasteiger partial charge in [0.25, 0.3) is 0 Å². The van der Waals surface area contributed by atoms with Gasteiger partial charge in [-0.3, -0.25) is 0 Å². The molecular weight excluding hydrogens is 344 g/mol. The van der Waals surface area contributed by atoms with Gasteiger partial charge in [0, 0.05) is 46.5 Å². The van der Waals surface area contributed by atoms with Gasteiger partial charge in [0.2, 0.25) is 10.0 Å². The van der Waals surface area contributed by atoms with Crippen molar-refractivity contribution in [3.05, 3.63) is 16.3 Å². The minimum absolute atomic E-state index is 0.394. The van der Waals surface area contributed by atoms with Gasteiger partial charge < -0.3 is 5.32 Å². The topological polar surface area (TPSA) is 58.2 Å². The van der Waals surface area contributed by atoms with E-state index in [1.54, 1.807) is 6.07 Å². The summed E-state index contributed by atoms with van der Waals surface area (Å²) in [7, 11) is -3.38. The highest BCUT2D eigenvalue weighted by molar-refractivity contribution is 8.06. The minimum Gasteiger partial charge on any atom is -0.309 e. The molecule has 1 atom stereocenters. The molecule has 2 fully saturated rings. The van der Waals surface area contributed by atoms with Crippen LogP contribution in [0.25, 0.3) is 0 Å². The molecule has 0 spiro atoms. The van der Waals surface area contributed by atoms with Crippen molar-refractivity contribution in [3.8, 4) is 0 Å². The van der Waals surface area contributed by atoms with E-state index >= 15 is 0 Å². The Labute approximate surface area is 138 Å². The second kappa shape index (κ2) is 7.23. The lowest BCUT2D eigenvalue weighted by molar-refractivity contribution is 0.579. The van der Waals surface area contributed by atoms with Gasteiger partial charge in [-0.1, -0.05) is 0 Å². The number of thioether (sulfide) groups is 2. The molecule has 0 aromatic carbocycles. The zero-order valence-electron chi connectivity index (χ0n) is 11.7. The highest BCUT2D eigenvalue weighted by Gasteiger charge is 2.25. The molecule has 2 N–H and O–H groups in total. The summed E-state index contributed by atoms with van der Waals surface area (Å²) >= 11 is 5.30. The van der Waals surface area contributed by atoms with Crippen LogP contribution in [-0.4, -0.2) is 43.5 Å². The summed E-state index contributed by atoms with van der Waals surface area (Å²) in [5.74, 6) is 3.33. The van der Waals surface area contributed by atoms with Crippen molar-refractivity contribution in [2.24, 2.45) is 0 Å². The van der Waals surface area contributed by atoms with Crippen molar-refractivity contribution in [1.29, 1.82) is 0 Å². The number of thiophene rings is 1. The molecule has 3 rings (SSSR count). The van der Waals surface area contributed by atoms with E-state index in [0.717, 1.165) is 16.4 Å². The lowest BCUT2D eigenvalue weighted by atomic mass is 10.4. The lowest BCUT2D eigenvalue weighted by Gasteiger charge is -2.21. The molecule has 21 heavy (non-hydrogen) atoms. The summed E-state index contributed by atoms with van der Waals surface area (Å²) in [5.41, 5.74) is 0. The van der Waals surface area contributed by atoms with Crippen molar-refractivity contribution in [1.82, 2.24) is 10.0 Å². The van der Waals surface area contributed by atoms with Gasteiger partial charge in [0.1, 0.15) is 0 Å². The quantitative estimate of drug-likeness (QED) is 0.776. The SMILES string of the molecule is O=S(=O)(NCC1CSCCS1)c1ccsc1CNC1CC1. The second-order valence-corrected chi connectivity index (χ2v) is 10.6. The summed E-state index contributed by atoms with van der Waals surface area (Å²) < 4.78 is 27.7. The molecule has 1 saturated heterocycles. The highest BCUT2D eigenvalue weighted by atomic mass is 32.2. The molecule has 1 aromatic heterocycles. The van der Waals surface area contributed by atoms with E-state index in [4.69, 9.17) is 0 Å². The number of hydrogen-bond donors (Lipinski definition) is 2. The van der Waals surface area contributed by atoms with Gasteiger partial charge >= 0.3 is 0 Å². The van der Waals surface area contributed by atoms with Crippen LogP contribution in [0.5, 0.6) is 0 Å². The minimum atomic E-state index is -3.38. The third-order valence-electron chi connectivity index (χ3n) is 3.51. The zero-order chi connectivity index (χ0) is 14.7. The van der Waals surface area contributed by atoms with Crippen molar-refractivity contribution in [2.75, 3.05) is 23.8 Å². The van der Waals surface area contributed by atoms with E-state index in [0.29, 0.717) is 29.3 Å². The second-order valence-electron chi connectivity index (χ2n) is 5.28. The lowest BCUT2D eigenvalue weighted by Crippen LogP contribution is -2.33. The average molecular weight is 365 g/mol. The maximum atomic E-state index is 12.5. The molecular formula is C13H20N2O2S4. The van der Waals surface area contributed by atoms with Gasteiger partial charge in [0.05, 0.1) is 4.90 Å². The van der Waals surface area contributed by atoms with Crippen molar-refractivity contribution in [3.63, 3.8) is 0 Å². The van der Waals surface area contributed by atoms with Crippen LogP contribution in [-0.2, 0) is 16.6 Å². The van der Waals surface area contributed by atoms with Crippen LogP contribution < -0.4 is 10.0 Å². The van der Waals surface area contributed by atoms with Crippen LogP contribution in [0.2, 0.25) is 0 Å². The summed E-state index contributed by atoms with van der Waals surface area (Å²) in [6.45, 7) is 1.19. The average Bonchev–Trinajstić information content (AvgIpc) is 3.20. The predicted octanol–water partition coefficient (Wildman–Crippen LogP) is 2.13. The molecule has 118 valence electrons. The molecule has 4 nitrogen and oxygen atoms in total. The zero-order valence-corrected chi connectivity index (χ0v) is 15.0. The van der Waals surface area contributed by atoms with Crippen molar-refractivity contribution in [2.45, 2.75) is 35.6 Å². The van der Waals surface area contributed by atoms with E-state index in [2.05, 4.69) is 10.0 Å². The summed E-state index contributed by atoms with van der Waals surface area (Å²) in [6.07, 6.45) is 2.42. The number of rotatable bonds is 7. The standard InChI is InChI=1S/C13H20N2O2S4/c16-21(17,15-7-11-9-18-5-6-19-11)13-3-4-20-12(13)8-14-10-1-2-10/h3-4,10-11,14-15H,1-2,5-9H2. The Kier molecular flexibility index (Phi) is 5.55. The molecule has 1 aliphatic carbocycles. The summed E-state index contributed by atoms with van der Waals surface area (Å²) in [4.78, 5) is 1.37. The molecule has 1 saturated carbocycles. The first-order chi connectivity index (χ1) is 10.1. The molecule has 0 radical (unpaired) electrons. The normalized spacial score (nSPS) is 23.3. The smallest absolute Gasteiger partial charge is 0.241 e. The maximum Gasteiger partial charge on any atom is 0.241 e. The molecule has 2 aliphatic rings. The molecule has 1 aromatic rings. The Morgan fingerprint density at radius 3 is 2.86 bits per heavy atom. The van der Waals surface area contributed by atoms with E-state index in [9.17, 15) is 8.42 Å². The third kappa shape index (κ3) is 4.62. The molecule has 0 bridgehead atoms. The summed E-state index contributed by atoms with van der Waals surface area (Å²) in [6, 6.07) is 2.31. The summed E-state index contributed by atoms with van der Waals surface area (Å²) in [5, 5.41) is 5.65. The Hall–Kier alpha value is 0.270. The fraction of sp³-hybridized carbons (Fsp3) is 0.692.